The lowest BCUT2D eigenvalue weighted by molar-refractivity contribution is 0.660. The van der Waals surface area contributed by atoms with Crippen LogP contribution in [0.25, 0.3) is 66.8 Å². The molecule has 0 aliphatic heterocycles. The van der Waals surface area contributed by atoms with Gasteiger partial charge in [0.15, 0.2) is 0 Å². The van der Waals surface area contributed by atoms with Crippen molar-refractivity contribution in [3.63, 3.8) is 0 Å². The Hall–Kier alpha value is -8.00. The van der Waals surface area contributed by atoms with Crippen LogP contribution in [0.4, 0.5) is 17.1 Å². The van der Waals surface area contributed by atoms with Crippen LogP contribution in [0.3, 0.4) is 0 Å². The van der Waals surface area contributed by atoms with Crippen LogP contribution in [0, 0.1) is 0 Å². The van der Waals surface area contributed by atoms with Crippen LogP contribution in [-0.4, -0.2) is 0 Å². The highest BCUT2D eigenvalue weighted by Crippen LogP contribution is 2.64. The SMILES string of the molecule is CC1(C)c2ccccc2-c2ccc(N(c3ccc(-c4ccccc4)cc3)c3ccc(-c4ccc5c(c4)C4(c6ccccc6-c6ccccc64)c4cccc(-c6ccccc6)c4-5)cc3)cc21. The third-order valence-corrected chi connectivity index (χ3v) is 14.7. The van der Waals surface area contributed by atoms with Gasteiger partial charge in [0.2, 0.25) is 0 Å². The Kier molecular flexibility index (Phi) is 8.24. The van der Waals surface area contributed by atoms with E-state index >= 15 is 0 Å². The van der Waals surface area contributed by atoms with Gasteiger partial charge in [0.25, 0.3) is 0 Å². The predicted molar refractivity (Wildman–Crippen MR) is 271 cm³/mol. The summed E-state index contributed by atoms with van der Waals surface area (Å²) in [6, 6.07) is 88.1. The first kappa shape index (κ1) is 37.5. The highest BCUT2D eigenvalue weighted by atomic mass is 15.1. The summed E-state index contributed by atoms with van der Waals surface area (Å²) in [7, 11) is 0. The Balaban J connectivity index is 0.957. The van der Waals surface area contributed by atoms with Crippen LogP contribution < -0.4 is 4.90 Å². The van der Waals surface area contributed by atoms with Crippen molar-refractivity contribution in [2.24, 2.45) is 0 Å². The van der Waals surface area contributed by atoms with E-state index in [1.165, 1.54) is 100 Å². The molecule has 1 nitrogen and oxygen atoms in total. The number of hydrogen-bond donors (Lipinski definition) is 0. The van der Waals surface area contributed by atoms with Gasteiger partial charge in [0.1, 0.15) is 0 Å². The predicted octanol–water partition coefficient (Wildman–Crippen LogP) is 16.8. The molecular formula is C64H45N. The highest BCUT2D eigenvalue weighted by Gasteiger charge is 2.52. The average molecular weight is 828 g/mol. The van der Waals surface area contributed by atoms with E-state index < -0.39 is 5.41 Å². The first-order valence-corrected chi connectivity index (χ1v) is 22.8. The summed E-state index contributed by atoms with van der Waals surface area (Å²) in [4.78, 5) is 2.42. The summed E-state index contributed by atoms with van der Waals surface area (Å²) in [5, 5.41) is 0. The average Bonchev–Trinajstić information content (AvgIpc) is 3.93. The van der Waals surface area contributed by atoms with Gasteiger partial charge in [-0.2, -0.15) is 0 Å². The Morgan fingerprint density at radius 1 is 0.262 bits per heavy atom. The molecule has 3 aliphatic rings. The van der Waals surface area contributed by atoms with Crippen LogP contribution in [0.2, 0.25) is 0 Å². The number of hydrogen-bond acceptors (Lipinski definition) is 1. The summed E-state index contributed by atoms with van der Waals surface area (Å²) in [6.45, 7) is 4.72. The van der Waals surface area contributed by atoms with E-state index in [9.17, 15) is 0 Å². The quantitative estimate of drug-likeness (QED) is 0.161. The van der Waals surface area contributed by atoms with Gasteiger partial charge in [-0.1, -0.05) is 208 Å². The molecule has 0 radical (unpaired) electrons. The third-order valence-electron chi connectivity index (χ3n) is 14.7. The lowest BCUT2D eigenvalue weighted by atomic mass is 9.70. The van der Waals surface area contributed by atoms with Crippen molar-refractivity contribution in [2.45, 2.75) is 24.7 Å². The van der Waals surface area contributed by atoms with Crippen LogP contribution in [0.15, 0.2) is 237 Å². The molecule has 10 aromatic rings. The highest BCUT2D eigenvalue weighted by molar-refractivity contribution is 6.01. The smallest absolute Gasteiger partial charge is 0.0725 e. The summed E-state index contributed by atoms with van der Waals surface area (Å²) >= 11 is 0. The fourth-order valence-electron chi connectivity index (χ4n) is 11.7. The minimum Gasteiger partial charge on any atom is -0.310 e. The molecule has 0 saturated heterocycles. The molecule has 13 rings (SSSR count). The van der Waals surface area contributed by atoms with Gasteiger partial charge in [0.05, 0.1) is 5.41 Å². The zero-order chi connectivity index (χ0) is 43.3. The van der Waals surface area contributed by atoms with Crippen molar-refractivity contribution in [3.8, 4) is 66.8 Å². The second kappa shape index (κ2) is 14.3. The molecule has 0 N–H and O–H groups in total. The van der Waals surface area contributed by atoms with E-state index in [1.807, 2.05) is 0 Å². The van der Waals surface area contributed by atoms with E-state index in [2.05, 4.69) is 255 Å². The standard InChI is InChI=1S/C64H45N/c1-63(2)56-24-12-9-20-51(56)54-39-37-49(41-60(54)63)65(47-33-28-43(29-34-47)42-16-5-3-6-17-42)48-35-30-44(31-36-48)46-32-38-55-61(40-46)64(57-25-13-10-21-52(57)53-22-11-14-26-58(53)64)59-27-15-23-50(62(55)59)45-18-7-4-8-19-45/h3-41H,1-2H3. The zero-order valence-corrected chi connectivity index (χ0v) is 36.5. The van der Waals surface area contributed by atoms with Gasteiger partial charge < -0.3 is 4.90 Å². The zero-order valence-electron chi connectivity index (χ0n) is 36.5. The lowest BCUT2D eigenvalue weighted by Gasteiger charge is -2.31. The summed E-state index contributed by atoms with van der Waals surface area (Å²) in [6.07, 6.45) is 0. The summed E-state index contributed by atoms with van der Waals surface area (Å²) < 4.78 is 0. The number of fused-ring (bicyclic) bond motifs is 13. The minimum atomic E-state index is -0.442. The fourth-order valence-corrected chi connectivity index (χ4v) is 11.7. The molecule has 0 bridgehead atoms. The van der Waals surface area contributed by atoms with E-state index in [0.717, 1.165) is 17.1 Å². The molecule has 0 amide bonds. The minimum absolute atomic E-state index is 0.110. The van der Waals surface area contributed by atoms with Crippen molar-refractivity contribution >= 4 is 17.1 Å². The maximum absolute atomic E-state index is 2.50. The fraction of sp³-hybridized carbons (Fsp3) is 0.0625. The molecule has 3 aliphatic carbocycles. The Labute approximate surface area is 381 Å². The third kappa shape index (κ3) is 5.46. The Morgan fingerprint density at radius 2 is 0.692 bits per heavy atom. The number of anilines is 3. The van der Waals surface area contributed by atoms with E-state index in [0.29, 0.717) is 0 Å². The number of nitrogens with zero attached hydrogens (tertiary/aromatic N) is 1. The molecule has 1 heteroatoms. The summed E-state index contributed by atoms with van der Waals surface area (Å²) in [5.74, 6) is 0. The largest absolute Gasteiger partial charge is 0.310 e. The van der Waals surface area contributed by atoms with Crippen LogP contribution in [0.1, 0.15) is 47.2 Å². The van der Waals surface area contributed by atoms with Crippen molar-refractivity contribution in [1.82, 2.24) is 0 Å². The topological polar surface area (TPSA) is 3.24 Å². The normalized spacial score (nSPS) is 13.9. The van der Waals surface area contributed by atoms with Crippen LogP contribution in [-0.2, 0) is 10.8 Å². The molecule has 0 heterocycles. The van der Waals surface area contributed by atoms with Crippen molar-refractivity contribution in [1.29, 1.82) is 0 Å². The maximum Gasteiger partial charge on any atom is 0.0725 e. The molecule has 306 valence electrons. The van der Waals surface area contributed by atoms with Gasteiger partial charge >= 0.3 is 0 Å². The second-order valence-electron chi connectivity index (χ2n) is 18.4. The first-order chi connectivity index (χ1) is 32.0. The summed E-state index contributed by atoms with van der Waals surface area (Å²) in [5.41, 5.74) is 26.2. The van der Waals surface area contributed by atoms with E-state index in [1.54, 1.807) is 0 Å². The molecule has 0 saturated carbocycles. The molecule has 0 unspecified atom stereocenters. The van der Waals surface area contributed by atoms with E-state index in [-0.39, 0.29) is 5.41 Å². The van der Waals surface area contributed by atoms with Gasteiger partial charge in [0, 0.05) is 22.5 Å². The van der Waals surface area contributed by atoms with Gasteiger partial charge in [-0.25, -0.2) is 0 Å². The molecule has 10 aromatic carbocycles. The molecule has 0 aromatic heterocycles. The van der Waals surface area contributed by atoms with Crippen LogP contribution >= 0.6 is 0 Å². The van der Waals surface area contributed by atoms with Crippen molar-refractivity contribution < 1.29 is 0 Å². The van der Waals surface area contributed by atoms with E-state index in [4.69, 9.17) is 0 Å². The molecule has 0 fully saturated rings. The Bertz CT molecular complexity index is 3440. The van der Waals surface area contributed by atoms with Crippen molar-refractivity contribution in [2.75, 3.05) is 4.90 Å². The maximum atomic E-state index is 2.50. The number of benzene rings is 10. The Morgan fingerprint density at radius 3 is 1.32 bits per heavy atom. The lowest BCUT2D eigenvalue weighted by Crippen LogP contribution is -2.25. The van der Waals surface area contributed by atoms with Gasteiger partial charge in [-0.3, -0.25) is 0 Å². The molecule has 0 atom stereocenters. The van der Waals surface area contributed by atoms with Crippen LogP contribution in [0.5, 0.6) is 0 Å². The van der Waals surface area contributed by atoms with Gasteiger partial charge in [-0.05, 0) is 143 Å². The second-order valence-corrected chi connectivity index (χ2v) is 18.4. The molecular weight excluding hydrogens is 783 g/mol. The monoisotopic (exact) mass is 827 g/mol. The number of rotatable bonds is 6. The molecule has 65 heavy (non-hydrogen) atoms. The first-order valence-electron chi connectivity index (χ1n) is 22.8. The molecule has 1 spiro atoms. The van der Waals surface area contributed by atoms with Gasteiger partial charge in [-0.15, -0.1) is 0 Å². The van der Waals surface area contributed by atoms with Crippen molar-refractivity contribution in [3.05, 3.63) is 270 Å².